The Bertz CT molecular complexity index is 83.3. The Kier molecular flexibility index (Phi) is 3.16. The molecule has 2 heteroatoms. The van der Waals surface area contributed by atoms with E-state index in [9.17, 15) is 0 Å². The fourth-order valence-corrected chi connectivity index (χ4v) is 1.83. The fourth-order valence-electron chi connectivity index (χ4n) is 1.83. The summed E-state index contributed by atoms with van der Waals surface area (Å²) in [4.78, 5) is 0. The average Bonchev–Trinajstić information content (AvgIpc) is 2.05. The normalized spacial score (nSPS) is 34.2. The van der Waals surface area contributed by atoms with Gasteiger partial charge in [-0.3, -0.25) is 0 Å². The minimum absolute atomic E-state index is 0.766. The molecule has 0 saturated heterocycles. The van der Waals surface area contributed by atoms with Crippen LogP contribution in [0.25, 0.3) is 0 Å². The van der Waals surface area contributed by atoms with Crippen molar-refractivity contribution in [2.75, 3.05) is 13.1 Å². The molecule has 1 fully saturated rings. The van der Waals surface area contributed by atoms with Gasteiger partial charge in [-0.1, -0.05) is 6.42 Å². The standard InChI is InChI=1S/C8H18N2/c9-5-7-2-1-3-8(4-7)6-10/h7-8H,1-6,9-10H2/t7-,8-/m1/s1. The molecule has 4 N–H and O–H groups in total. The summed E-state index contributed by atoms with van der Waals surface area (Å²) in [5.41, 5.74) is 11.2. The van der Waals surface area contributed by atoms with Crippen molar-refractivity contribution in [3.63, 3.8) is 0 Å². The van der Waals surface area contributed by atoms with E-state index < -0.39 is 0 Å². The second-order valence-corrected chi connectivity index (χ2v) is 3.37. The molecule has 0 aromatic rings. The molecule has 2 nitrogen and oxygen atoms in total. The first-order valence-corrected chi connectivity index (χ1v) is 4.27. The van der Waals surface area contributed by atoms with Gasteiger partial charge < -0.3 is 11.5 Å². The maximum atomic E-state index is 5.58. The van der Waals surface area contributed by atoms with Crippen molar-refractivity contribution in [1.82, 2.24) is 0 Å². The summed E-state index contributed by atoms with van der Waals surface area (Å²) in [7, 11) is 0. The maximum absolute atomic E-state index is 5.58. The highest BCUT2D eigenvalue weighted by Crippen LogP contribution is 2.27. The van der Waals surface area contributed by atoms with Gasteiger partial charge in [-0.15, -0.1) is 0 Å². The predicted molar refractivity (Wildman–Crippen MR) is 43.6 cm³/mol. The van der Waals surface area contributed by atoms with Crippen LogP contribution in [-0.2, 0) is 0 Å². The zero-order valence-corrected chi connectivity index (χ0v) is 6.55. The fraction of sp³-hybridized carbons (Fsp3) is 1.00. The van der Waals surface area contributed by atoms with E-state index in [2.05, 4.69) is 0 Å². The van der Waals surface area contributed by atoms with E-state index in [1.54, 1.807) is 0 Å². The summed E-state index contributed by atoms with van der Waals surface area (Å²) in [6, 6.07) is 0. The van der Waals surface area contributed by atoms with Gasteiger partial charge in [-0.05, 0) is 44.2 Å². The molecule has 0 aromatic carbocycles. The van der Waals surface area contributed by atoms with Crippen LogP contribution < -0.4 is 11.5 Å². The Labute approximate surface area is 63.0 Å². The number of hydrogen-bond donors (Lipinski definition) is 2. The first-order chi connectivity index (χ1) is 4.86. The van der Waals surface area contributed by atoms with Crippen LogP contribution in [0.3, 0.4) is 0 Å². The molecule has 0 heterocycles. The van der Waals surface area contributed by atoms with Crippen molar-refractivity contribution >= 4 is 0 Å². The van der Waals surface area contributed by atoms with E-state index in [0.29, 0.717) is 0 Å². The lowest BCUT2D eigenvalue weighted by molar-refractivity contribution is 0.277. The summed E-state index contributed by atoms with van der Waals surface area (Å²) in [6.07, 6.45) is 5.26. The smallest absolute Gasteiger partial charge is 0.00488 e. The maximum Gasteiger partial charge on any atom is -0.00488 e. The molecule has 0 aliphatic heterocycles. The van der Waals surface area contributed by atoms with Gasteiger partial charge in [0, 0.05) is 0 Å². The van der Waals surface area contributed by atoms with Crippen LogP contribution in [0, 0.1) is 11.8 Å². The molecular formula is C8H18N2. The van der Waals surface area contributed by atoms with Crippen LogP contribution in [0.1, 0.15) is 25.7 Å². The van der Waals surface area contributed by atoms with Crippen LogP contribution in [0.15, 0.2) is 0 Å². The van der Waals surface area contributed by atoms with Crippen LogP contribution in [0.4, 0.5) is 0 Å². The summed E-state index contributed by atoms with van der Waals surface area (Å²) >= 11 is 0. The van der Waals surface area contributed by atoms with Gasteiger partial charge in [-0.2, -0.15) is 0 Å². The SMILES string of the molecule is NC[C@@H]1CCC[C@@H](CN)C1. The molecule has 0 unspecified atom stereocenters. The molecule has 1 aliphatic carbocycles. The van der Waals surface area contributed by atoms with E-state index >= 15 is 0 Å². The van der Waals surface area contributed by atoms with Gasteiger partial charge >= 0.3 is 0 Å². The summed E-state index contributed by atoms with van der Waals surface area (Å²) in [5.74, 6) is 1.53. The van der Waals surface area contributed by atoms with Crippen molar-refractivity contribution in [3.8, 4) is 0 Å². The van der Waals surface area contributed by atoms with E-state index in [1.165, 1.54) is 25.7 Å². The van der Waals surface area contributed by atoms with Gasteiger partial charge in [0.05, 0.1) is 0 Å². The van der Waals surface area contributed by atoms with Crippen LogP contribution in [0.2, 0.25) is 0 Å². The largest absolute Gasteiger partial charge is 0.330 e. The molecule has 1 rings (SSSR count). The zero-order chi connectivity index (χ0) is 7.40. The Morgan fingerprint density at radius 3 is 1.90 bits per heavy atom. The molecule has 0 amide bonds. The molecule has 0 radical (unpaired) electrons. The first-order valence-electron chi connectivity index (χ1n) is 4.27. The molecule has 1 aliphatic rings. The first kappa shape index (κ1) is 8.02. The highest BCUT2D eigenvalue weighted by Gasteiger charge is 2.19. The second-order valence-electron chi connectivity index (χ2n) is 3.37. The molecule has 2 atom stereocenters. The van der Waals surface area contributed by atoms with Crippen molar-refractivity contribution in [3.05, 3.63) is 0 Å². The van der Waals surface area contributed by atoms with Crippen molar-refractivity contribution < 1.29 is 0 Å². The highest BCUT2D eigenvalue weighted by molar-refractivity contribution is 4.73. The lowest BCUT2D eigenvalue weighted by Crippen LogP contribution is -2.26. The third kappa shape index (κ3) is 1.96. The van der Waals surface area contributed by atoms with Crippen LogP contribution in [0.5, 0.6) is 0 Å². The average molecular weight is 142 g/mol. The molecule has 10 heavy (non-hydrogen) atoms. The van der Waals surface area contributed by atoms with Crippen molar-refractivity contribution in [1.29, 1.82) is 0 Å². The Morgan fingerprint density at radius 2 is 1.50 bits per heavy atom. The monoisotopic (exact) mass is 142 g/mol. The quantitative estimate of drug-likeness (QED) is 0.596. The Hall–Kier alpha value is -0.0800. The summed E-state index contributed by atoms with van der Waals surface area (Å²) in [6.45, 7) is 1.72. The van der Waals surface area contributed by atoms with Crippen LogP contribution in [-0.4, -0.2) is 13.1 Å². The van der Waals surface area contributed by atoms with Gasteiger partial charge in [0.25, 0.3) is 0 Å². The highest BCUT2D eigenvalue weighted by atomic mass is 14.6. The number of rotatable bonds is 2. The van der Waals surface area contributed by atoms with Gasteiger partial charge in [-0.25, -0.2) is 0 Å². The summed E-state index contributed by atoms with van der Waals surface area (Å²) < 4.78 is 0. The molecule has 0 bridgehead atoms. The van der Waals surface area contributed by atoms with E-state index in [1.807, 2.05) is 0 Å². The molecular weight excluding hydrogens is 124 g/mol. The second kappa shape index (κ2) is 3.94. The van der Waals surface area contributed by atoms with Crippen molar-refractivity contribution in [2.24, 2.45) is 23.3 Å². The number of hydrogen-bond acceptors (Lipinski definition) is 2. The van der Waals surface area contributed by atoms with E-state index in [4.69, 9.17) is 11.5 Å². The molecule has 0 aromatic heterocycles. The van der Waals surface area contributed by atoms with Crippen molar-refractivity contribution in [2.45, 2.75) is 25.7 Å². The number of nitrogens with two attached hydrogens (primary N) is 2. The third-order valence-electron chi connectivity index (χ3n) is 2.56. The Balaban J connectivity index is 2.25. The molecule has 1 saturated carbocycles. The van der Waals surface area contributed by atoms with Gasteiger partial charge in [0.15, 0.2) is 0 Å². The third-order valence-corrected chi connectivity index (χ3v) is 2.56. The van der Waals surface area contributed by atoms with Gasteiger partial charge in [0.2, 0.25) is 0 Å². The molecule has 60 valence electrons. The lowest BCUT2D eigenvalue weighted by Gasteiger charge is -2.26. The van der Waals surface area contributed by atoms with E-state index in [-0.39, 0.29) is 0 Å². The predicted octanol–water partition coefficient (Wildman–Crippen LogP) is 0.710. The summed E-state index contributed by atoms with van der Waals surface area (Å²) in [5, 5.41) is 0. The zero-order valence-electron chi connectivity index (χ0n) is 6.55. The molecule has 0 spiro atoms. The Morgan fingerprint density at radius 1 is 1.00 bits per heavy atom. The topological polar surface area (TPSA) is 52.0 Å². The van der Waals surface area contributed by atoms with E-state index in [0.717, 1.165) is 24.9 Å². The van der Waals surface area contributed by atoms with Gasteiger partial charge in [0.1, 0.15) is 0 Å². The minimum atomic E-state index is 0.766. The van der Waals surface area contributed by atoms with Crippen LogP contribution >= 0.6 is 0 Å². The minimum Gasteiger partial charge on any atom is -0.330 e. The lowest BCUT2D eigenvalue weighted by atomic mass is 9.81.